The third kappa shape index (κ3) is 2.52. The summed E-state index contributed by atoms with van der Waals surface area (Å²) in [6.45, 7) is 1.52. The second-order valence-corrected chi connectivity index (χ2v) is 6.72. The first-order chi connectivity index (χ1) is 11.6. The largest absolute Gasteiger partial charge is 0.415 e. The van der Waals surface area contributed by atoms with Crippen molar-refractivity contribution in [1.82, 2.24) is 10.2 Å². The number of fused-ring (bicyclic) bond motifs is 1. The van der Waals surface area contributed by atoms with Crippen LogP contribution in [0.25, 0.3) is 32.3 Å². The number of Topliss-reactive ketones (excluding diaryl/α,β-unsaturated/α-hetero) is 1. The number of aromatic nitrogens is 2. The summed E-state index contributed by atoms with van der Waals surface area (Å²) in [4.78, 5) is 12.3. The summed E-state index contributed by atoms with van der Waals surface area (Å²) >= 11 is 7.96. The zero-order chi connectivity index (χ0) is 16.7. The van der Waals surface area contributed by atoms with E-state index in [0.29, 0.717) is 27.9 Å². The highest BCUT2D eigenvalue weighted by atomic mass is 35.5. The predicted octanol–water partition coefficient (Wildman–Crippen LogP) is 5.47. The number of nitrogens with zero attached hydrogens (tertiary/aromatic N) is 2. The molecule has 0 bridgehead atoms. The average Bonchev–Trinajstić information content (AvgIpc) is 3.20. The van der Waals surface area contributed by atoms with E-state index in [4.69, 9.17) is 16.0 Å². The summed E-state index contributed by atoms with van der Waals surface area (Å²) in [5.41, 5.74) is 1.31. The lowest BCUT2D eigenvalue weighted by molar-refractivity contribution is 0.101. The second kappa shape index (κ2) is 5.85. The number of ketones is 1. The van der Waals surface area contributed by atoms with Crippen LogP contribution in [0, 0.1) is 0 Å². The van der Waals surface area contributed by atoms with Gasteiger partial charge in [-0.1, -0.05) is 41.9 Å². The zero-order valence-electron chi connectivity index (χ0n) is 12.6. The molecule has 0 unspecified atom stereocenters. The lowest BCUT2D eigenvalue weighted by Crippen LogP contribution is -1.91. The number of rotatable bonds is 3. The highest BCUT2D eigenvalue weighted by molar-refractivity contribution is 7.23. The van der Waals surface area contributed by atoms with E-state index in [2.05, 4.69) is 10.2 Å². The van der Waals surface area contributed by atoms with Crippen LogP contribution in [0.5, 0.6) is 0 Å². The molecular formula is C18H11ClN2O2S. The van der Waals surface area contributed by atoms with E-state index in [0.717, 1.165) is 15.0 Å². The number of benzene rings is 2. The van der Waals surface area contributed by atoms with Crippen molar-refractivity contribution in [2.75, 3.05) is 0 Å². The summed E-state index contributed by atoms with van der Waals surface area (Å²) in [6, 6.07) is 15.0. The number of hydrogen-bond donors (Lipinski definition) is 0. The van der Waals surface area contributed by atoms with Gasteiger partial charge < -0.3 is 4.42 Å². The van der Waals surface area contributed by atoms with Crippen LogP contribution >= 0.6 is 22.9 Å². The molecule has 4 nitrogen and oxygen atoms in total. The Balaban J connectivity index is 1.78. The quantitative estimate of drug-likeness (QED) is 0.457. The molecule has 0 fully saturated rings. The van der Waals surface area contributed by atoms with Gasteiger partial charge >= 0.3 is 0 Å². The van der Waals surface area contributed by atoms with Gasteiger partial charge in [-0.2, -0.15) is 0 Å². The van der Waals surface area contributed by atoms with Crippen molar-refractivity contribution in [3.05, 3.63) is 59.1 Å². The van der Waals surface area contributed by atoms with E-state index in [1.54, 1.807) is 18.2 Å². The van der Waals surface area contributed by atoms with Crippen molar-refractivity contribution in [2.45, 2.75) is 6.92 Å². The fourth-order valence-corrected chi connectivity index (χ4v) is 3.89. The summed E-state index contributed by atoms with van der Waals surface area (Å²) in [5.74, 6) is 0.732. The summed E-state index contributed by atoms with van der Waals surface area (Å²) in [6.07, 6.45) is 0. The van der Waals surface area contributed by atoms with Crippen LogP contribution in [0.3, 0.4) is 0 Å². The first kappa shape index (κ1) is 15.1. The van der Waals surface area contributed by atoms with Crippen molar-refractivity contribution in [2.24, 2.45) is 0 Å². The Morgan fingerprint density at radius 2 is 1.88 bits per heavy atom. The number of thiophene rings is 1. The molecule has 2 aromatic heterocycles. The smallest absolute Gasteiger partial charge is 0.259 e. The molecule has 0 saturated heterocycles. The molecule has 2 aromatic carbocycles. The zero-order valence-corrected chi connectivity index (χ0v) is 14.2. The van der Waals surface area contributed by atoms with E-state index in [9.17, 15) is 4.79 Å². The highest BCUT2D eigenvalue weighted by Crippen LogP contribution is 2.41. The minimum absolute atomic E-state index is 0.0101. The molecule has 0 radical (unpaired) electrons. The van der Waals surface area contributed by atoms with Crippen LogP contribution < -0.4 is 0 Å². The molecule has 118 valence electrons. The third-order valence-corrected chi connectivity index (χ3v) is 5.33. The Morgan fingerprint density at radius 3 is 2.67 bits per heavy atom. The van der Waals surface area contributed by atoms with Gasteiger partial charge in [0.25, 0.3) is 5.89 Å². The maximum atomic E-state index is 11.5. The topological polar surface area (TPSA) is 56.0 Å². The molecule has 0 aliphatic carbocycles. The fraction of sp³-hybridized carbons (Fsp3) is 0.0556. The monoisotopic (exact) mass is 354 g/mol. The molecule has 0 aliphatic heterocycles. The van der Waals surface area contributed by atoms with Gasteiger partial charge in [0.05, 0.1) is 5.02 Å². The molecule has 0 N–H and O–H groups in total. The molecule has 0 amide bonds. The third-order valence-electron chi connectivity index (χ3n) is 3.67. The van der Waals surface area contributed by atoms with Gasteiger partial charge in [0.2, 0.25) is 5.89 Å². The van der Waals surface area contributed by atoms with E-state index in [1.807, 2.05) is 30.3 Å². The van der Waals surface area contributed by atoms with Crippen LogP contribution in [0.4, 0.5) is 0 Å². The molecule has 0 saturated carbocycles. The van der Waals surface area contributed by atoms with Crippen molar-refractivity contribution in [1.29, 1.82) is 0 Å². The van der Waals surface area contributed by atoms with Gasteiger partial charge in [-0.3, -0.25) is 4.79 Å². The van der Waals surface area contributed by atoms with Crippen LogP contribution in [-0.4, -0.2) is 16.0 Å². The van der Waals surface area contributed by atoms with Crippen LogP contribution in [0.1, 0.15) is 17.3 Å². The van der Waals surface area contributed by atoms with E-state index >= 15 is 0 Å². The lowest BCUT2D eigenvalue weighted by atomic mass is 10.1. The summed E-state index contributed by atoms with van der Waals surface area (Å²) in [5, 5.41) is 9.80. The second-order valence-electron chi connectivity index (χ2n) is 5.29. The van der Waals surface area contributed by atoms with Gasteiger partial charge in [-0.25, -0.2) is 0 Å². The van der Waals surface area contributed by atoms with Crippen molar-refractivity contribution >= 4 is 38.8 Å². The van der Waals surface area contributed by atoms with E-state index in [1.165, 1.54) is 18.3 Å². The first-order valence-electron chi connectivity index (χ1n) is 7.26. The van der Waals surface area contributed by atoms with Crippen LogP contribution in [0.15, 0.2) is 52.9 Å². The predicted molar refractivity (Wildman–Crippen MR) is 95.6 cm³/mol. The molecule has 24 heavy (non-hydrogen) atoms. The molecule has 0 atom stereocenters. The fourth-order valence-electron chi connectivity index (χ4n) is 2.45. The Kier molecular flexibility index (Phi) is 3.67. The number of halogens is 1. The normalized spacial score (nSPS) is 11.1. The molecular weight excluding hydrogens is 344 g/mol. The number of carbonyl (C=O) groups excluding carboxylic acids is 1. The Labute approximate surface area is 146 Å². The standard InChI is InChI=1S/C18H11ClN2O2S/c1-10(22)11-5-4-6-12(9-11)17-20-21-18(23-17)16-15(19)13-7-2-3-8-14(13)24-16/h2-9H,1H3. The Morgan fingerprint density at radius 1 is 1.08 bits per heavy atom. The van der Waals surface area contributed by atoms with Gasteiger partial charge in [0, 0.05) is 21.2 Å². The Bertz CT molecular complexity index is 1070. The minimum atomic E-state index is -0.0101. The number of hydrogen-bond acceptors (Lipinski definition) is 5. The molecule has 4 rings (SSSR count). The van der Waals surface area contributed by atoms with E-state index < -0.39 is 0 Å². The summed E-state index contributed by atoms with van der Waals surface area (Å²) in [7, 11) is 0. The molecule has 6 heteroatoms. The van der Waals surface area contributed by atoms with Crippen molar-refractivity contribution < 1.29 is 9.21 Å². The molecule has 0 aliphatic rings. The number of carbonyl (C=O) groups is 1. The van der Waals surface area contributed by atoms with Crippen LogP contribution in [-0.2, 0) is 0 Å². The Hall–Kier alpha value is -2.50. The minimum Gasteiger partial charge on any atom is -0.415 e. The lowest BCUT2D eigenvalue weighted by Gasteiger charge is -1.98. The van der Waals surface area contributed by atoms with Crippen LogP contribution in [0.2, 0.25) is 5.02 Å². The van der Waals surface area contributed by atoms with Gasteiger partial charge in [-0.05, 0) is 25.1 Å². The average molecular weight is 355 g/mol. The maximum Gasteiger partial charge on any atom is 0.259 e. The van der Waals surface area contributed by atoms with Gasteiger partial charge in [0.1, 0.15) is 4.88 Å². The van der Waals surface area contributed by atoms with Gasteiger partial charge in [-0.15, -0.1) is 21.5 Å². The first-order valence-corrected chi connectivity index (χ1v) is 8.45. The van der Waals surface area contributed by atoms with Crippen molar-refractivity contribution in [3.8, 4) is 22.2 Å². The molecule has 2 heterocycles. The van der Waals surface area contributed by atoms with Crippen molar-refractivity contribution in [3.63, 3.8) is 0 Å². The SMILES string of the molecule is CC(=O)c1cccc(-c2nnc(-c3sc4ccccc4c3Cl)o2)c1. The van der Waals surface area contributed by atoms with Gasteiger partial charge in [0.15, 0.2) is 5.78 Å². The van der Waals surface area contributed by atoms with E-state index in [-0.39, 0.29) is 5.78 Å². The summed E-state index contributed by atoms with van der Waals surface area (Å²) < 4.78 is 6.86. The maximum absolute atomic E-state index is 11.5. The highest BCUT2D eigenvalue weighted by Gasteiger charge is 2.18. The molecule has 0 spiro atoms. The molecule has 4 aromatic rings.